The van der Waals surface area contributed by atoms with E-state index in [-0.39, 0.29) is 24.8 Å². The number of carbonyl (C=O) groups is 2. The summed E-state index contributed by atoms with van der Waals surface area (Å²) in [6, 6.07) is 15.1. The van der Waals surface area contributed by atoms with Crippen molar-refractivity contribution in [3.63, 3.8) is 0 Å². The van der Waals surface area contributed by atoms with Crippen LogP contribution in [0.1, 0.15) is 11.1 Å². The summed E-state index contributed by atoms with van der Waals surface area (Å²) < 4.78 is 0.800. The molecule has 0 radical (unpaired) electrons. The van der Waals surface area contributed by atoms with Crippen molar-refractivity contribution in [2.24, 2.45) is 0 Å². The van der Waals surface area contributed by atoms with Crippen molar-refractivity contribution >= 4 is 33.4 Å². The lowest BCUT2D eigenvalue weighted by atomic mass is 10.1. The highest BCUT2D eigenvalue weighted by molar-refractivity contribution is 9.10. The van der Waals surface area contributed by atoms with Gasteiger partial charge in [0.15, 0.2) is 0 Å². The Morgan fingerprint density at radius 2 is 1.68 bits per heavy atom. The van der Waals surface area contributed by atoms with Gasteiger partial charge in [0.25, 0.3) is 0 Å². The molecule has 0 bridgehead atoms. The minimum absolute atomic E-state index is 0.0496. The Morgan fingerprint density at radius 3 is 2.36 bits per heavy atom. The number of halogens is 1. The van der Waals surface area contributed by atoms with Gasteiger partial charge in [0.2, 0.25) is 11.8 Å². The first kappa shape index (κ1) is 16.2. The maximum atomic E-state index is 11.8. The Bertz CT molecular complexity index is 669. The zero-order valence-electron chi connectivity index (χ0n) is 12.2. The zero-order valence-corrected chi connectivity index (χ0v) is 13.8. The van der Waals surface area contributed by atoms with Crippen LogP contribution in [0, 0.1) is 6.92 Å². The number of para-hydroxylation sites is 1. The van der Waals surface area contributed by atoms with Crippen LogP contribution in [0.2, 0.25) is 0 Å². The van der Waals surface area contributed by atoms with Crippen molar-refractivity contribution in [1.29, 1.82) is 0 Å². The summed E-state index contributed by atoms with van der Waals surface area (Å²) in [5, 5.41) is 5.36. The number of amides is 2. The Hall–Kier alpha value is -2.14. The summed E-state index contributed by atoms with van der Waals surface area (Å²) in [4.78, 5) is 23.6. The van der Waals surface area contributed by atoms with E-state index in [0.29, 0.717) is 5.69 Å². The highest BCUT2D eigenvalue weighted by atomic mass is 79.9. The molecule has 0 aliphatic carbocycles. The van der Waals surface area contributed by atoms with E-state index in [4.69, 9.17) is 0 Å². The van der Waals surface area contributed by atoms with E-state index in [1.54, 1.807) is 6.07 Å². The van der Waals surface area contributed by atoms with Crippen molar-refractivity contribution in [2.45, 2.75) is 13.3 Å². The lowest BCUT2D eigenvalue weighted by molar-refractivity contribution is -0.123. The third kappa shape index (κ3) is 5.00. The molecule has 114 valence electrons. The molecule has 2 amide bonds. The molecule has 0 saturated carbocycles. The maximum absolute atomic E-state index is 11.8. The third-order valence-electron chi connectivity index (χ3n) is 3.08. The summed E-state index contributed by atoms with van der Waals surface area (Å²) >= 11 is 3.35. The second-order valence-corrected chi connectivity index (χ2v) is 5.82. The molecular formula is C17H17BrN2O2. The molecule has 4 nitrogen and oxygen atoms in total. The molecule has 0 aliphatic rings. The van der Waals surface area contributed by atoms with Crippen LogP contribution in [0.3, 0.4) is 0 Å². The van der Waals surface area contributed by atoms with Gasteiger partial charge >= 0.3 is 0 Å². The molecule has 0 aromatic heterocycles. The number of nitrogens with one attached hydrogen (secondary N) is 2. The number of anilines is 1. The molecule has 2 N–H and O–H groups in total. The van der Waals surface area contributed by atoms with Crippen LogP contribution in [-0.2, 0) is 16.0 Å². The van der Waals surface area contributed by atoms with Crippen LogP contribution in [0.15, 0.2) is 53.0 Å². The van der Waals surface area contributed by atoms with E-state index in [1.165, 1.54) is 0 Å². The highest BCUT2D eigenvalue weighted by Crippen LogP contribution is 2.20. The van der Waals surface area contributed by atoms with Gasteiger partial charge in [0.1, 0.15) is 0 Å². The van der Waals surface area contributed by atoms with Crippen LogP contribution >= 0.6 is 15.9 Å². The number of carbonyl (C=O) groups excluding carboxylic acids is 2. The van der Waals surface area contributed by atoms with Crippen molar-refractivity contribution in [3.8, 4) is 0 Å². The van der Waals surface area contributed by atoms with Gasteiger partial charge in [0.05, 0.1) is 18.7 Å². The second-order valence-electron chi connectivity index (χ2n) is 4.97. The zero-order chi connectivity index (χ0) is 15.9. The Morgan fingerprint density at radius 1 is 1.00 bits per heavy atom. The molecule has 2 aromatic carbocycles. The lowest BCUT2D eigenvalue weighted by Crippen LogP contribution is -2.33. The predicted octanol–water partition coefficient (Wildman–Crippen LogP) is 3.05. The van der Waals surface area contributed by atoms with Crippen LogP contribution in [0.25, 0.3) is 0 Å². The minimum Gasteiger partial charge on any atom is -0.347 e. The van der Waals surface area contributed by atoms with E-state index in [1.807, 2.05) is 49.4 Å². The van der Waals surface area contributed by atoms with Crippen molar-refractivity contribution in [3.05, 3.63) is 64.1 Å². The number of benzene rings is 2. The normalized spacial score (nSPS) is 10.1. The summed E-state index contributed by atoms with van der Waals surface area (Å²) in [5.74, 6) is -0.435. The maximum Gasteiger partial charge on any atom is 0.243 e. The Balaban J connectivity index is 1.79. The molecule has 0 aliphatic heterocycles. The van der Waals surface area contributed by atoms with Crippen molar-refractivity contribution in [1.82, 2.24) is 5.32 Å². The Kier molecular flexibility index (Phi) is 5.72. The van der Waals surface area contributed by atoms with Gasteiger partial charge in [-0.1, -0.05) is 42.0 Å². The number of rotatable bonds is 5. The molecule has 0 atom stereocenters. The van der Waals surface area contributed by atoms with Crippen LogP contribution in [0.5, 0.6) is 0 Å². The Labute approximate surface area is 138 Å². The molecule has 2 rings (SSSR count). The van der Waals surface area contributed by atoms with Gasteiger partial charge in [-0.25, -0.2) is 0 Å². The van der Waals surface area contributed by atoms with Gasteiger partial charge in [-0.2, -0.15) is 0 Å². The van der Waals surface area contributed by atoms with Crippen molar-refractivity contribution in [2.75, 3.05) is 11.9 Å². The first-order valence-electron chi connectivity index (χ1n) is 6.91. The fourth-order valence-electron chi connectivity index (χ4n) is 1.89. The van der Waals surface area contributed by atoms with Crippen LogP contribution in [-0.4, -0.2) is 18.4 Å². The van der Waals surface area contributed by atoms with Gasteiger partial charge in [-0.3, -0.25) is 9.59 Å². The lowest BCUT2D eigenvalue weighted by Gasteiger charge is -2.08. The number of hydrogen-bond donors (Lipinski definition) is 2. The highest BCUT2D eigenvalue weighted by Gasteiger charge is 2.08. The molecule has 0 heterocycles. The average molecular weight is 361 g/mol. The standard InChI is InChI=1S/C17H17BrN2O2/c1-12-6-8-13(9-7-12)10-16(21)19-11-17(22)20-15-5-3-2-4-14(15)18/h2-9H,10-11H2,1H3,(H,19,21)(H,20,22). The number of hydrogen-bond acceptors (Lipinski definition) is 2. The minimum atomic E-state index is -0.260. The molecule has 0 spiro atoms. The fourth-order valence-corrected chi connectivity index (χ4v) is 2.27. The quantitative estimate of drug-likeness (QED) is 0.860. The predicted molar refractivity (Wildman–Crippen MR) is 90.7 cm³/mol. The molecule has 0 fully saturated rings. The second kappa shape index (κ2) is 7.75. The van der Waals surface area contributed by atoms with E-state index < -0.39 is 0 Å². The number of aryl methyl sites for hydroxylation is 1. The third-order valence-corrected chi connectivity index (χ3v) is 3.77. The first-order valence-corrected chi connectivity index (χ1v) is 7.70. The van der Waals surface area contributed by atoms with E-state index in [0.717, 1.165) is 15.6 Å². The SMILES string of the molecule is Cc1ccc(CC(=O)NCC(=O)Nc2ccccc2Br)cc1. The summed E-state index contributed by atoms with van der Waals surface area (Å²) in [6.45, 7) is 1.95. The molecular weight excluding hydrogens is 344 g/mol. The van der Waals surface area contributed by atoms with Gasteiger partial charge in [0, 0.05) is 4.47 Å². The van der Waals surface area contributed by atoms with Gasteiger partial charge < -0.3 is 10.6 Å². The molecule has 5 heteroatoms. The summed E-state index contributed by atoms with van der Waals surface area (Å²) in [6.07, 6.45) is 0.266. The van der Waals surface area contributed by atoms with Crippen LogP contribution < -0.4 is 10.6 Å². The van der Waals surface area contributed by atoms with Gasteiger partial charge in [-0.15, -0.1) is 0 Å². The average Bonchev–Trinajstić information content (AvgIpc) is 2.50. The van der Waals surface area contributed by atoms with E-state index >= 15 is 0 Å². The summed E-state index contributed by atoms with van der Waals surface area (Å²) in [7, 11) is 0. The fraction of sp³-hybridized carbons (Fsp3) is 0.176. The molecule has 2 aromatic rings. The topological polar surface area (TPSA) is 58.2 Å². The molecule has 0 saturated heterocycles. The first-order chi connectivity index (χ1) is 10.5. The van der Waals surface area contributed by atoms with Crippen LogP contribution in [0.4, 0.5) is 5.69 Å². The van der Waals surface area contributed by atoms with E-state index in [2.05, 4.69) is 26.6 Å². The molecule has 0 unspecified atom stereocenters. The summed E-state index contributed by atoms with van der Waals surface area (Å²) in [5.41, 5.74) is 2.76. The van der Waals surface area contributed by atoms with Gasteiger partial charge in [-0.05, 0) is 40.5 Å². The monoisotopic (exact) mass is 360 g/mol. The smallest absolute Gasteiger partial charge is 0.243 e. The molecule has 22 heavy (non-hydrogen) atoms. The van der Waals surface area contributed by atoms with Crippen molar-refractivity contribution < 1.29 is 9.59 Å². The largest absolute Gasteiger partial charge is 0.347 e. The van der Waals surface area contributed by atoms with E-state index in [9.17, 15) is 9.59 Å².